The average Bonchev–Trinajstić information content (AvgIpc) is 3.20. The second-order valence-electron chi connectivity index (χ2n) is 4.74. The third kappa shape index (κ3) is 6.51. The molecule has 3 rings (SSSR count). The molecule has 1 N–H and O–H groups in total. The van der Waals surface area contributed by atoms with Gasteiger partial charge in [0.1, 0.15) is 0 Å². The van der Waals surface area contributed by atoms with Gasteiger partial charge >= 0.3 is 0 Å². The summed E-state index contributed by atoms with van der Waals surface area (Å²) in [5.74, 6) is 0.886. The number of thioether (sulfide) groups is 2. The molecular weight excluding hydrogens is 360 g/mol. The first-order valence-corrected chi connectivity index (χ1v) is 10.2. The monoisotopic (exact) mass is 378 g/mol. The number of nitrogens with one attached hydrogen (secondary N) is 1. The third-order valence-corrected chi connectivity index (χ3v) is 5.50. The summed E-state index contributed by atoms with van der Waals surface area (Å²) < 4.78 is 0. The first kappa shape index (κ1) is 18.8. The SMILES string of the molecule is CCCCSc1ccccn1.O=C1NC(=O)C(=Cc2cccs2)S1. The van der Waals surface area contributed by atoms with Crippen LogP contribution in [-0.4, -0.2) is 21.9 Å². The van der Waals surface area contributed by atoms with E-state index in [9.17, 15) is 9.59 Å². The van der Waals surface area contributed by atoms with Crippen LogP contribution < -0.4 is 5.32 Å². The molecule has 126 valence electrons. The Labute approximate surface area is 154 Å². The fraction of sp³-hybridized carbons (Fsp3) is 0.235. The van der Waals surface area contributed by atoms with E-state index in [1.165, 1.54) is 29.9 Å². The number of rotatable bonds is 5. The first-order chi connectivity index (χ1) is 11.7. The zero-order valence-corrected chi connectivity index (χ0v) is 15.7. The smallest absolute Gasteiger partial charge is 0.282 e. The van der Waals surface area contributed by atoms with Crippen molar-refractivity contribution < 1.29 is 9.59 Å². The molecule has 0 bridgehead atoms. The highest BCUT2D eigenvalue weighted by Crippen LogP contribution is 2.26. The van der Waals surface area contributed by atoms with E-state index in [4.69, 9.17) is 0 Å². The van der Waals surface area contributed by atoms with Crippen molar-refractivity contribution in [1.82, 2.24) is 10.3 Å². The van der Waals surface area contributed by atoms with Crippen molar-refractivity contribution in [2.45, 2.75) is 24.8 Å². The number of imide groups is 1. The van der Waals surface area contributed by atoms with Crippen LogP contribution in [0.25, 0.3) is 6.08 Å². The summed E-state index contributed by atoms with van der Waals surface area (Å²) in [4.78, 5) is 27.5. The van der Waals surface area contributed by atoms with Crippen LogP contribution in [0.2, 0.25) is 0 Å². The Hall–Kier alpha value is -1.57. The lowest BCUT2D eigenvalue weighted by molar-refractivity contribution is -0.115. The van der Waals surface area contributed by atoms with Gasteiger partial charge in [0, 0.05) is 11.1 Å². The molecule has 0 unspecified atom stereocenters. The average molecular weight is 379 g/mol. The zero-order chi connectivity index (χ0) is 17.2. The molecule has 4 nitrogen and oxygen atoms in total. The molecule has 2 aromatic rings. The van der Waals surface area contributed by atoms with Gasteiger partial charge in [-0.1, -0.05) is 25.5 Å². The number of thiophene rings is 1. The maximum absolute atomic E-state index is 11.1. The first-order valence-electron chi connectivity index (χ1n) is 7.51. The van der Waals surface area contributed by atoms with Gasteiger partial charge < -0.3 is 0 Å². The highest BCUT2D eigenvalue weighted by Gasteiger charge is 2.24. The molecule has 0 aromatic carbocycles. The minimum Gasteiger partial charge on any atom is -0.282 e. The Morgan fingerprint density at radius 2 is 2.12 bits per heavy atom. The van der Waals surface area contributed by atoms with Crippen molar-refractivity contribution in [3.8, 4) is 0 Å². The van der Waals surface area contributed by atoms with E-state index in [2.05, 4.69) is 23.3 Å². The summed E-state index contributed by atoms with van der Waals surface area (Å²) in [5, 5.41) is 4.96. The number of hydrogen-bond donors (Lipinski definition) is 1. The molecule has 0 atom stereocenters. The molecule has 2 amide bonds. The van der Waals surface area contributed by atoms with Crippen LogP contribution in [-0.2, 0) is 4.79 Å². The van der Waals surface area contributed by atoms with E-state index in [0.29, 0.717) is 4.91 Å². The number of pyridine rings is 1. The molecule has 7 heteroatoms. The maximum atomic E-state index is 11.1. The summed E-state index contributed by atoms with van der Waals surface area (Å²) in [7, 11) is 0. The van der Waals surface area contributed by atoms with Crippen molar-refractivity contribution in [2.75, 3.05) is 5.75 Å². The fourth-order valence-corrected chi connectivity index (χ4v) is 4.03. The van der Waals surface area contributed by atoms with E-state index in [1.807, 2.05) is 47.6 Å². The molecule has 0 spiro atoms. The summed E-state index contributed by atoms with van der Waals surface area (Å²) in [5.41, 5.74) is 0. The van der Waals surface area contributed by atoms with Crippen molar-refractivity contribution in [3.05, 3.63) is 51.7 Å². The summed E-state index contributed by atoms with van der Waals surface area (Å²) in [6, 6.07) is 9.83. The number of carbonyl (C=O) groups excluding carboxylic acids is 2. The highest BCUT2D eigenvalue weighted by molar-refractivity contribution is 8.18. The fourth-order valence-electron chi connectivity index (χ4n) is 1.68. The standard InChI is InChI=1S/C9H13NS.C8H5NO2S2/c1-2-3-8-11-9-6-4-5-7-10-9;10-7-6(13-8(11)9-7)4-5-2-1-3-12-5/h4-7H,2-3,8H2,1H3;1-4H,(H,9,10,11). The highest BCUT2D eigenvalue weighted by atomic mass is 32.2. The Bertz CT molecular complexity index is 685. The third-order valence-electron chi connectivity index (χ3n) is 2.84. The lowest BCUT2D eigenvalue weighted by Gasteiger charge is -1.96. The van der Waals surface area contributed by atoms with Gasteiger partial charge in [-0.05, 0) is 53.6 Å². The van der Waals surface area contributed by atoms with E-state index >= 15 is 0 Å². The number of aromatic nitrogens is 1. The topological polar surface area (TPSA) is 59.1 Å². The predicted octanol–water partition coefficient (Wildman–Crippen LogP) is 5.05. The van der Waals surface area contributed by atoms with Gasteiger partial charge in [0.25, 0.3) is 11.1 Å². The predicted molar refractivity (Wildman–Crippen MR) is 103 cm³/mol. The Kier molecular flexibility index (Phi) is 8.07. The second-order valence-corrected chi connectivity index (χ2v) is 7.85. The van der Waals surface area contributed by atoms with Gasteiger partial charge in [0.05, 0.1) is 9.93 Å². The van der Waals surface area contributed by atoms with Crippen molar-refractivity contribution >= 4 is 52.1 Å². The minimum atomic E-state index is -0.302. The van der Waals surface area contributed by atoms with Crippen molar-refractivity contribution in [3.63, 3.8) is 0 Å². The number of nitrogens with zero attached hydrogens (tertiary/aromatic N) is 1. The van der Waals surface area contributed by atoms with Gasteiger partial charge in [-0.25, -0.2) is 4.98 Å². The molecule has 0 saturated carbocycles. The molecular formula is C17H18N2O2S3. The van der Waals surface area contributed by atoms with E-state index in [1.54, 1.807) is 6.08 Å². The lowest BCUT2D eigenvalue weighted by Crippen LogP contribution is -2.17. The van der Waals surface area contributed by atoms with Crippen LogP contribution in [0, 0.1) is 0 Å². The van der Waals surface area contributed by atoms with Crippen LogP contribution in [0.3, 0.4) is 0 Å². The number of carbonyl (C=O) groups is 2. The lowest BCUT2D eigenvalue weighted by atomic mass is 10.4. The number of amides is 2. The van der Waals surface area contributed by atoms with Crippen molar-refractivity contribution in [2.24, 2.45) is 0 Å². The van der Waals surface area contributed by atoms with Gasteiger partial charge in [0.15, 0.2) is 0 Å². The summed E-state index contributed by atoms with van der Waals surface area (Å²) in [6.07, 6.45) is 6.10. The zero-order valence-electron chi connectivity index (χ0n) is 13.2. The van der Waals surface area contributed by atoms with Gasteiger partial charge in [0.2, 0.25) is 0 Å². The molecule has 2 aromatic heterocycles. The number of hydrogen-bond acceptors (Lipinski definition) is 6. The minimum absolute atomic E-state index is 0.298. The molecule has 0 aliphatic carbocycles. The molecule has 1 fully saturated rings. The molecule has 1 aliphatic heterocycles. The maximum Gasteiger partial charge on any atom is 0.290 e. The van der Waals surface area contributed by atoms with Crippen LogP contribution >= 0.6 is 34.9 Å². The molecule has 0 radical (unpaired) electrons. The molecule has 24 heavy (non-hydrogen) atoms. The molecule has 3 heterocycles. The van der Waals surface area contributed by atoms with Crippen LogP contribution in [0.15, 0.2) is 51.8 Å². The molecule has 1 saturated heterocycles. The number of unbranched alkanes of at least 4 members (excludes halogenated alkanes) is 1. The van der Waals surface area contributed by atoms with Crippen LogP contribution in [0.1, 0.15) is 24.6 Å². The molecule has 1 aliphatic rings. The van der Waals surface area contributed by atoms with Gasteiger partial charge in [-0.2, -0.15) is 0 Å². The summed E-state index contributed by atoms with van der Waals surface area (Å²) in [6.45, 7) is 2.21. The van der Waals surface area contributed by atoms with Crippen molar-refractivity contribution in [1.29, 1.82) is 0 Å². The Morgan fingerprint density at radius 1 is 1.25 bits per heavy atom. The largest absolute Gasteiger partial charge is 0.290 e. The quantitative estimate of drug-likeness (QED) is 0.448. The van der Waals surface area contributed by atoms with E-state index in [0.717, 1.165) is 21.7 Å². The van der Waals surface area contributed by atoms with Crippen LogP contribution in [0.4, 0.5) is 4.79 Å². The summed E-state index contributed by atoms with van der Waals surface area (Å²) >= 11 is 4.31. The van der Waals surface area contributed by atoms with Gasteiger partial charge in [-0.15, -0.1) is 23.1 Å². The van der Waals surface area contributed by atoms with Gasteiger partial charge in [-0.3, -0.25) is 14.9 Å². The van der Waals surface area contributed by atoms with E-state index < -0.39 is 0 Å². The Morgan fingerprint density at radius 3 is 2.71 bits per heavy atom. The Balaban J connectivity index is 0.000000177. The second kappa shape index (κ2) is 10.3. The van der Waals surface area contributed by atoms with Crippen LogP contribution in [0.5, 0.6) is 0 Å². The van der Waals surface area contributed by atoms with E-state index in [-0.39, 0.29) is 11.1 Å². The normalized spacial score (nSPS) is 15.1.